The van der Waals surface area contributed by atoms with Crippen LogP contribution in [0.5, 0.6) is 0 Å². The Morgan fingerprint density at radius 2 is 2.25 bits per heavy atom. The van der Waals surface area contributed by atoms with Crippen LogP contribution in [0.1, 0.15) is 20.8 Å². The number of hydrogen-bond donors (Lipinski definition) is 1. The van der Waals surface area contributed by atoms with E-state index in [1.54, 1.807) is 4.90 Å². The summed E-state index contributed by atoms with van der Waals surface area (Å²) in [5.74, 6) is 0. The molecule has 0 saturated carbocycles. The topological polar surface area (TPSA) is 70.8 Å². The average molecular weight is 172 g/mol. The molecule has 0 aliphatic carbocycles. The fraction of sp³-hybridized carbons (Fsp3) is 0.833. The van der Waals surface area contributed by atoms with E-state index in [1.165, 1.54) is 6.34 Å². The third-order valence-electron chi connectivity index (χ3n) is 1.61. The summed E-state index contributed by atoms with van der Waals surface area (Å²) in [6.07, 6.45) is 0.526. The summed E-state index contributed by atoms with van der Waals surface area (Å²) in [5.41, 5.74) is 2.12. The first kappa shape index (κ1) is 8.76. The van der Waals surface area contributed by atoms with Crippen LogP contribution >= 0.6 is 0 Å². The lowest BCUT2D eigenvalue weighted by Crippen LogP contribution is -2.51. The highest BCUT2D eigenvalue weighted by atomic mass is 16.6. The molecule has 1 aliphatic heterocycles. The van der Waals surface area contributed by atoms with Gasteiger partial charge in [-0.2, -0.15) is 5.10 Å². The van der Waals surface area contributed by atoms with Crippen LogP contribution < -0.4 is 5.43 Å². The SMILES string of the molecule is CC(C)(C)N1C=NNC1[N+](=O)[O-]. The fourth-order valence-electron chi connectivity index (χ4n) is 0.976. The minimum atomic E-state index is -0.926. The van der Waals surface area contributed by atoms with Crippen LogP contribution in [0.2, 0.25) is 0 Å². The van der Waals surface area contributed by atoms with Gasteiger partial charge in [-0.05, 0) is 20.8 Å². The molecule has 0 saturated heterocycles. The predicted octanol–water partition coefficient (Wildman–Crippen LogP) is 0.194. The van der Waals surface area contributed by atoms with Crippen molar-refractivity contribution in [2.75, 3.05) is 0 Å². The van der Waals surface area contributed by atoms with Crippen LogP contribution in [-0.2, 0) is 0 Å². The Labute approximate surface area is 70.4 Å². The highest BCUT2D eigenvalue weighted by molar-refractivity contribution is 5.57. The molecular weight excluding hydrogens is 160 g/mol. The van der Waals surface area contributed by atoms with Crippen LogP contribution in [0, 0.1) is 10.1 Å². The molecule has 1 atom stereocenters. The Morgan fingerprint density at radius 3 is 2.58 bits per heavy atom. The van der Waals surface area contributed by atoms with Gasteiger partial charge in [0.15, 0.2) is 0 Å². The smallest absolute Gasteiger partial charge is 0.274 e. The van der Waals surface area contributed by atoms with Gasteiger partial charge in [0.2, 0.25) is 0 Å². The average Bonchev–Trinajstić information content (AvgIpc) is 2.30. The Hall–Kier alpha value is -1.33. The zero-order valence-corrected chi connectivity index (χ0v) is 7.31. The molecule has 0 spiro atoms. The van der Waals surface area contributed by atoms with E-state index in [1.807, 2.05) is 20.8 Å². The molecule has 1 rings (SSSR count). The number of hydrogen-bond acceptors (Lipinski definition) is 5. The van der Waals surface area contributed by atoms with Crippen LogP contribution in [0.3, 0.4) is 0 Å². The van der Waals surface area contributed by atoms with Crippen molar-refractivity contribution >= 4 is 6.34 Å². The van der Waals surface area contributed by atoms with E-state index in [0.29, 0.717) is 0 Å². The Kier molecular flexibility index (Phi) is 1.91. The number of nitrogens with one attached hydrogen (secondary N) is 1. The maximum absolute atomic E-state index is 10.5. The van der Waals surface area contributed by atoms with Gasteiger partial charge in [0.1, 0.15) is 6.34 Å². The van der Waals surface area contributed by atoms with Crippen molar-refractivity contribution in [1.29, 1.82) is 0 Å². The van der Waals surface area contributed by atoms with Gasteiger partial charge in [-0.1, -0.05) is 0 Å². The lowest BCUT2D eigenvalue weighted by atomic mass is 10.1. The first-order chi connectivity index (χ1) is 5.43. The summed E-state index contributed by atoms with van der Waals surface area (Å²) in [5, 5.41) is 14.1. The molecule has 0 amide bonds. The van der Waals surface area contributed by atoms with Crippen LogP contribution in [0.4, 0.5) is 0 Å². The summed E-state index contributed by atoms with van der Waals surface area (Å²) < 4.78 is 0. The van der Waals surface area contributed by atoms with Crippen molar-refractivity contribution in [3.8, 4) is 0 Å². The van der Waals surface area contributed by atoms with Crippen LogP contribution in [0.15, 0.2) is 5.10 Å². The lowest BCUT2D eigenvalue weighted by Gasteiger charge is -2.30. The Morgan fingerprint density at radius 1 is 1.67 bits per heavy atom. The van der Waals surface area contributed by atoms with Gasteiger partial charge in [-0.25, -0.2) is 5.43 Å². The highest BCUT2D eigenvalue weighted by Gasteiger charge is 2.37. The number of rotatable bonds is 1. The van der Waals surface area contributed by atoms with E-state index in [4.69, 9.17) is 0 Å². The molecule has 68 valence electrons. The quantitative estimate of drug-likeness (QED) is 0.453. The molecule has 0 aromatic rings. The normalized spacial score (nSPS) is 22.6. The summed E-state index contributed by atoms with van der Waals surface area (Å²) >= 11 is 0. The molecule has 0 fully saturated rings. The van der Waals surface area contributed by atoms with E-state index >= 15 is 0 Å². The number of nitro groups is 1. The van der Waals surface area contributed by atoms with E-state index in [2.05, 4.69) is 10.5 Å². The van der Waals surface area contributed by atoms with Gasteiger partial charge >= 0.3 is 6.29 Å². The van der Waals surface area contributed by atoms with Crippen molar-refractivity contribution in [1.82, 2.24) is 10.3 Å². The number of nitrogens with zero attached hydrogens (tertiary/aromatic N) is 3. The van der Waals surface area contributed by atoms with Crippen LogP contribution in [-0.4, -0.2) is 28.0 Å². The molecule has 12 heavy (non-hydrogen) atoms. The van der Waals surface area contributed by atoms with E-state index in [9.17, 15) is 10.1 Å². The molecule has 1 heterocycles. The standard InChI is InChI=1S/C6H12N4O2/c1-6(2,3)9-4-7-8-5(9)10(11)12/h4-5,8H,1-3H3. The van der Waals surface area contributed by atoms with Gasteiger partial charge in [0.05, 0.1) is 4.92 Å². The van der Waals surface area contributed by atoms with Crippen LogP contribution in [0.25, 0.3) is 0 Å². The second-order valence-corrected chi connectivity index (χ2v) is 3.61. The largest absolute Gasteiger partial charge is 0.382 e. The molecule has 1 unspecified atom stereocenters. The van der Waals surface area contributed by atoms with Crippen molar-refractivity contribution in [3.05, 3.63) is 10.1 Å². The van der Waals surface area contributed by atoms with E-state index < -0.39 is 11.2 Å². The lowest BCUT2D eigenvalue weighted by molar-refractivity contribution is -0.552. The molecule has 0 aromatic heterocycles. The van der Waals surface area contributed by atoms with E-state index in [-0.39, 0.29) is 5.54 Å². The van der Waals surface area contributed by atoms with Gasteiger partial charge < -0.3 is 0 Å². The minimum absolute atomic E-state index is 0.287. The molecule has 0 radical (unpaired) electrons. The molecule has 6 heteroatoms. The Bertz CT molecular complexity index is 220. The Balaban J connectivity index is 2.76. The highest BCUT2D eigenvalue weighted by Crippen LogP contribution is 2.16. The third-order valence-corrected chi connectivity index (χ3v) is 1.61. The number of hydrazone groups is 1. The van der Waals surface area contributed by atoms with Gasteiger partial charge in [-0.3, -0.25) is 15.0 Å². The summed E-state index contributed by atoms with van der Waals surface area (Å²) in [6.45, 7) is 5.67. The maximum atomic E-state index is 10.5. The molecule has 0 bridgehead atoms. The first-order valence-corrected chi connectivity index (χ1v) is 3.63. The molecule has 1 N–H and O–H groups in total. The second-order valence-electron chi connectivity index (χ2n) is 3.61. The van der Waals surface area contributed by atoms with Gasteiger partial charge in [0, 0.05) is 5.54 Å². The van der Waals surface area contributed by atoms with Crippen molar-refractivity contribution in [2.45, 2.75) is 32.6 Å². The van der Waals surface area contributed by atoms with Crippen molar-refractivity contribution in [2.24, 2.45) is 5.10 Å². The summed E-state index contributed by atoms with van der Waals surface area (Å²) in [4.78, 5) is 11.6. The fourth-order valence-corrected chi connectivity index (χ4v) is 0.976. The second kappa shape index (κ2) is 2.62. The molecule has 0 aromatic carbocycles. The monoisotopic (exact) mass is 172 g/mol. The summed E-state index contributed by atoms with van der Waals surface area (Å²) in [7, 11) is 0. The first-order valence-electron chi connectivity index (χ1n) is 3.63. The van der Waals surface area contributed by atoms with Crippen molar-refractivity contribution < 1.29 is 4.92 Å². The van der Waals surface area contributed by atoms with Gasteiger partial charge in [0.25, 0.3) is 0 Å². The minimum Gasteiger partial charge on any atom is -0.274 e. The van der Waals surface area contributed by atoms with Gasteiger partial charge in [-0.15, -0.1) is 0 Å². The predicted molar refractivity (Wildman–Crippen MR) is 44.0 cm³/mol. The zero-order chi connectivity index (χ0) is 9.35. The van der Waals surface area contributed by atoms with Crippen molar-refractivity contribution in [3.63, 3.8) is 0 Å². The molecule has 1 aliphatic rings. The maximum Gasteiger partial charge on any atom is 0.382 e. The summed E-state index contributed by atoms with van der Waals surface area (Å²) in [6, 6.07) is 0. The zero-order valence-electron chi connectivity index (χ0n) is 7.31. The molecule has 6 nitrogen and oxygen atoms in total. The molecular formula is C6H12N4O2. The third kappa shape index (κ3) is 1.46. The van der Waals surface area contributed by atoms with E-state index in [0.717, 1.165) is 0 Å².